The molecule has 0 saturated carbocycles. The van der Waals surface area contributed by atoms with Gasteiger partial charge in [0.05, 0.1) is 0 Å². The molecule has 23 heavy (non-hydrogen) atoms. The van der Waals surface area contributed by atoms with Gasteiger partial charge in [-0.1, -0.05) is 6.07 Å². The van der Waals surface area contributed by atoms with E-state index in [-0.39, 0.29) is 0 Å². The quantitative estimate of drug-likeness (QED) is 0.920. The first kappa shape index (κ1) is 15.0. The Labute approximate surface area is 138 Å². The molecule has 2 aliphatic heterocycles. The number of aromatic nitrogens is 1. The second kappa shape index (κ2) is 6.93. The summed E-state index contributed by atoms with van der Waals surface area (Å²) >= 11 is 0. The van der Waals surface area contributed by atoms with Crippen LogP contribution in [0.2, 0.25) is 0 Å². The lowest BCUT2D eigenvalue weighted by Crippen LogP contribution is -2.41. The van der Waals surface area contributed by atoms with E-state index in [0.29, 0.717) is 6.10 Å². The minimum atomic E-state index is 0.360. The number of rotatable bonds is 5. The lowest BCUT2D eigenvalue weighted by atomic mass is 10.1. The fraction of sp³-hybridized carbons (Fsp3) is 0.579. The van der Waals surface area contributed by atoms with Crippen molar-refractivity contribution in [1.29, 1.82) is 0 Å². The van der Waals surface area contributed by atoms with Gasteiger partial charge in [-0.15, -0.1) is 0 Å². The van der Waals surface area contributed by atoms with Gasteiger partial charge in [0.15, 0.2) is 0 Å². The molecular weight excluding hydrogens is 286 g/mol. The monoisotopic (exact) mass is 313 g/mol. The van der Waals surface area contributed by atoms with Crippen molar-refractivity contribution < 1.29 is 4.74 Å². The highest BCUT2D eigenvalue weighted by Crippen LogP contribution is 2.27. The summed E-state index contributed by atoms with van der Waals surface area (Å²) in [4.78, 5) is 8.47. The van der Waals surface area contributed by atoms with Crippen LogP contribution in [0, 0.1) is 0 Å². The molecule has 4 rings (SSSR count). The molecule has 4 nitrogen and oxygen atoms in total. The van der Waals surface area contributed by atoms with E-state index in [1.807, 2.05) is 6.20 Å². The highest BCUT2D eigenvalue weighted by molar-refractivity contribution is 5.85. The Morgan fingerprint density at radius 2 is 1.70 bits per heavy atom. The zero-order chi connectivity index (χ0) is 15.5. The number of hydrogen-bond acceptors (Lipinski definition) is 3. The molecule has 2 saturated heterocycles. The van der Waals surface area contributed by atoms with Crippen LogP contribution in [0.25, 0.3) is 10.9 Å². The summed E-state index contributed by atoms with van der Waals surface area (Å²) < 4.78 is 6.30. The Bertz CT molecular complexity index is 624. The predicted octanol–water partition coefficient (Wildman–Crippen LogP) is 3.11. The molecule has 4 heteroatoms. The van der Waals surface area contributed by atoms with Gasteiger partial charge in [-0.2, -0.15) is 0 Å². The summed E-state index contributed by atoms with van der Waals surface area (Å²) in [5.74, 6) is 1.03. The Hall–Kier alpha value is -1.52. The Morgan fingerprint density at radius 3 is 2.48 bits per heavy atom. The minimum absolute atomic E-state index is 0.360. The normalized spacial score (nSPS) is 21.2. The van der Waals surface area contributed by atoms with Crippen LogP contribution >= 0.6 is 0 Å². The highest BCUT2D eigenvalue weighted by Gasteiger charge is 2.22. The first-order valence-corrected chi connectivity index (χ1v) is 9.06. The topological polar surface area (TPSA) is 31.5 Å². The van der Waals surface area contributed by atoms with Crippen LogP contribution in [-0.4, -0.2) is 60.2 Å². The number of aromatic amines is 1. The molecule has 0 atom stereocenters. The van der Waals surface area contributed by atoms with Crippen LogP contribution in [0.15, 0.2) is 30.5 Å². The van der Waals surface area contributed by atoms with Gasteiger partial charge >= 0.3 is 0 Å². The Balaban J connectivity index is 1.27. The number of piperidine rings is 1. The van der Waals surface area contributed by atoms with Crippen LogP contribution in [0.1, 0.15) is 25.7 Å². The molecule has 2 aromatic rings. The molecule has 0 aliphatic carbocycles. The van der Waals surface area contributed by atoms with E-state index in [9.17, 15) is 0 Å². The Kier molecular flexibility index (Phi) is 4.53. The largest absolute Gasteiger partial charge is 0.490 e. The molecule has 3 heterocycles. The summed E-state index contributed by atoms with van der Waals surface area (Å²) in [6.45, 7) is 7.41. The fourth-order valence-corrected chi connectivity index (χ4v) is 3.88. The number of H-pyrrole nitrogens is 1. The number of benzene rings is 1. The SMILES string of the molecule is c1cc(OC2CCN(CCN3CCCC3)CC2)c2cc[nH]c2c1. The van der Waals surface area contributed by atoms with E-state index in [2.05, 4.69) is 39.0 Å². The van der Waals surface area contributed by atoms with Gasteiger partial charge in [0.1, 0.15) is 11.9 Å². The average Bonchev–Trinajstić information content (AvgIpc) is 3.26. The van der Waals surface area contributed by atoms with Gasteiger partial charge < -0.3 is 19.5 Å². The number of nitrogens with zero attached hydrogens (tertiary/aromatic N) is 2. The average molecular weight is 313 g/mol. The van der Waals surface area contributed by atoms with Gasteiger partial charge in [-0.05, 0) is 57.0 Å². The summed E-state index contributed by atoms with van der Waals surface area (Å²) in [5.41, 5.74) is 1.16. The molecule has 1 aromatic carbocycles. The lowest BCUT2D eigenvalue weighted by molar-refractivity contribution is 0.0960. The number of hydrogen-bond donors (Lipinski definition) is 1. The van der Waals surface area contributed by atoms with Crippen molar-refractivity contribution in [2.45, 2.75) is 31.8 Å². The number of nitrogens with one attached hydrogen (secondary N) is 1. The first-order chi connectivity index (χ1) is 11.4. The second-order valence-corrected chi connectivity index (χ2v) is 6.90. The third-order valence-electron chi connectivity index (χ3n) is 5.31. The van der Waals surface area contributed by atoms with Crippen molar-refractivity contribution in [1.82, 2.24) is 14.8 Å². The zero-order valence-electron chi connectivity index (χ0n) is 13.8. The van der Waals surface area contributed by atoms with E-state index in [1.165, 1.54) is 57.5 Å². The molecule has 0 amide bonds. The van der Waals surface area contributed by atoms with Crippen molar-refractivity contribution >= 4 is 10.9 Å². The van der Waals surface area contributed by atoms with E-state index < -0.39 is 0 Å². The first-order valence-electron chi connectivity index (χ1n) is 9.06. The number of fused-ring (bicyclic) bond motifs is 1. The van der Waals surface area contributed by atoms with E-state index in [4.69, 9.17) is 4.74 Å². The molecule has 2 fully saturated rings. The lowest BCUT2D eigenvalue weighted by Gasteiger charge is -2.33. The van der Waals surface area contributed by atoms with Crippen LogP contribution in [0.3, 0.4) is 0 Å². The third-order valence-corrected chi connectivity index (χ3v) is 5.31. The maximum absolute atomic E-state index is 6.30. The van der Waals surface area contributed by atoms with Gasteiger partial charge in [0.2, 0.25) is 0 Å². The van der Waals surface area contributed by atoms with Gasteiger partial charge in [0, 0.05) is 43.3 Å². The Morgan fingerprint density at radius 1 is 0.957 bits per heavy atom. The fourth-order valence-electron chi connectivity index (χ4n) is 3.88. The van der Waals surface area contributed by atoms with Gasteiger partial charge in [-0.25, -0.2) is 0 Å². The van der Waals surface area contributed by atoms with Gasteiger partial charge in [0.25, 0.3) is 0 Å². The van der Waals surface area contributed by atoms with Crippen molar-refractivity contribution in [3.63, 3.8) is 0 Å². The smallest absolute Gasteiger partial charge is 0.129 e. The van der Waals surface area contributed by atoms with Crippen molar-refractivity contribution in [2.24, 2.45) is 0 Å². The van der Waals surface area contributed by atoms with E-state index in [0.717, 1.165) is 24.1 Å². The third kappa shape index (κ3) is 3.54. The predicted molar refractivity (Wildman–Crippen MR) is 94.1 cm³/mol. The molecule has 2 aliphatic rings. The molecule has 1 aromatic heterocycles. The molecule has 0 radical (unpaired) electrons. The maximum Gasteiger partial charge on any atom is 0.129 e. The molecular formula is C19H27N3O. The molecule has 0 spiro atoms. The standard InChI is InChI=1S/C19H27N3O/c1-2-11-21(10-1)14-15-22-12-7-16(8-13-22)23-19-5-3-4-18-17(19)6-9-20-18/h3-6,9,16,20H,1-2,7-8,10-15H2. The molecule has 0 bridgehead atoms. The zero-order valence-corrected chi connectivity index (χ0v) is 13.8. The van der Waals surface area contributed by atoms with E-state index in [1.54, 1.807) is 0 Å². The summed E-state index contributed by atoms with van der Waals surface area (Å²) in [5, 5.41) is 1.20. The van der Waals surface area contributed by atoms with Gasteiger partial charge in [-0.3, -0.25) is 0 Å². The van der Waals surface area contributed by atoms with Crippen molar-refractivity contribution in [2.75, 3.05) is 39.3 Å². The van der Waals surface area contributed by atoms with Crippen LogP contribution in [0.4, 0.5) is 0 Å². The number of likely N-dealkylation sites (tertiary alicyclic amines) is 2. The molecule has 0 unspecified atom stereocenters. The summed E-state index contributed by atoms with van der Waals surface area (Å²) in [6.07, 6.45) is 7.40. The maximum atomic E-state index is 6.30. The molecule has 124 valence electrons. The second-order valence-electron chi connectivity index (χ2n) is 6.90. The number of ether oxygens (including phenoxy) is 1. The summed E-state index contributed by atoms with van der Waals surface area (Å²) in [6, 6.07) is 8.37. The van der Waals surface area contributed by atoms with Crippen LogP contribution < -0.4 is 4.74 Å². The van der Waals surface area contributed by atoms with Crippen molar-refractivity contribution in [3.8, 4) is 5.75 Å². The molecule has 1 N–H and O–H groups in total. The minimum Gasteiger partial charge on any atom is -0.490 e. The van der Waals surface area contributed by atoms with Crippen LogP contribution in [0.5, 0.6) is 5.75 Å². The van der Waals surface area contributed by atoms with Crippen molar-refractivity contribution in [3.05, 3.63) is 30.5 Å². The van der Waals surface area contributed by atoms with E-state index >= 15 is 0 Å². The summed E-state index contributed by atoms with van der Waals surface area (Å²) in [7, 11) is 0. The van der Waals surface area contributed by atoms with Crippen LogP contribution in [-0.2, 0) is 0 Å². The highest BCUT2D eigenvalue weighted by atomic mass is 16.5.